The zero-order valence-electron chi connectivity index (χ0n) is 30.0. The summed E-state index contributed by atoms with van der Waals surface area (Å²) in [6.45, 7) is 0. The van der Waals surface area contributed by atoms with Crippen LogP contribution in [-0.4, -0.2) is 33.2 Å². The Morgan fingerprint density at radius 2 is 0.750 bits per heavy atom. The van der Waals surface area contributed by atoms with Gasteiger partial charge in [0.25, 0.3) is 0 Å². The van der Waals surface area contributed by atoms with E-state index in [2.05, 4.69) is 170 Å². The van der Waals surface area contributed by atoms with Crippen molar-refractivity contribution in [2.75, 3.05) is 0 Å². The van der Waals surface area contributed by atoms with Crippen LogP contribution < -0.4 is 0 Å². The SMILES string of the molecule is c1ccc(-n2c3ccccc3c3c4ncccc4n(-c4cc(-c5ccccn5)cc(-n5c6cccnc6c6c7ccccc7n(-c7ccccc7)c65)c4)c32)cc1. The lowest BCUT2D eigenvalue weighted by Gasteiger charge is -2.17. The highest BCUT2D eigenvalue weighted by Gasteiger charge is 2.26. The van der Waals surface area contributed by atoms with E-state index in [1.807, 2.05) is 36.8 Å². The highest BCUT2D eigenvalue weighted by Crippen LogP contribution is 2.43. The highest BCUT2D eigenvalue weighted by atomic mass is 15.2. The lowest BCUT2D eigenvalue weighted by Crippen LogP contribution is -2.05. The van der Waals surface area contributed by atoms with E-state index in [-0.39, 0.29) is 0 Å². The summed E-state index contributed by atoms with van der Waals surface area (Å²) in [7, 11) is 0. The summed E-state index contributed by atoms with van der Waals surface area (Å²) in [5.41, 5.74) is 14.4. The summed E-state index contributed by atoms with van der Waals surface area (Å²) < 4.78 is 9.52. The minimum Gasteiger partial charge on any atom is -0.295 e. The summed E-state index contributed by atoms with van der Waals surface area (Å²) in [6, 6.07) is 59.9. The van der Waals surface area contributed by atoms with Crippen molar-refractivity contribution in [2.45, 2.75) is 0 Å². The Morgan fingerprint density at radius 3 is 1.25 bits per heavy atom. The Kier molecular flexibility index (Phi) is 6.50. The quantitative estimate of drug-likeness (QED) is 0.178. The molecule has 12 rings (SSSR count). The van der Waals surface area contributed by atoms with E-state index in [1.165, 1.54) is 0 Å². The molecule has 0 spiro atoms. The number of hydrogen-bond acceptors (Lipinski definition) is 3. The number of nitrogens with zero attached hydrogens (tertiary/aromatic N) is 7. The molecule has 0 amide bonds. The molecule has 0 saturated carbocycles. The van der Waals surface area contributed by atoms with Crippen LogP contribution in [0.1, 0.15) is 0 Å². The number of aromatic nitrogens is 7. The van der Waals surface area contributed by atoms with Gasteiger partial charge in [0, 0.05) is 46.3 Å². The highest BCUT2D eigenvalue weighted by molar-refractivity contribution is 6.22. The maximum atomic E-state index is 5.05. The van der Waals surface area contributed by atoms with Gasteiger partial charge in [0.2, 0.25) is 0 Å². The second kappa shape index (κ2) is 11.9. The molecule has 0 N–H and O–H groups in total. The van der Waals surface area contributed by atoms with Crippen molar-refractivity contribution in [1.82, 2.24) is 33.2 Å². The van der Waals surface area contributed by atoms with Crippen LogP contribution in [0.5, 0.6) is 0 Å². The molecule has 56 heavy (non-hydrogen) atoms. The van der Waals surface area contributed by atoms with Crippen LogP contribution in [0.25, 0.3) is 99.9 Å². The van der Waals surface area contributed by atoms with Crippen LogP contribution in [0, 0.1) is 0 Å². The van der Waals surface area contributed by atoms with Gasteiger partial charge >= 0.3 is 0 Å². The molecular weight excluding hydrogens is 687 g/mol. The number of rotatable bonds is 5. The molecule has 0 atom stereocenters. The second-order valence-corrected chi connectivity index (χ2v) is 14.1. The molecule has 7 heteroatoms. The number of para-hydroxylation sites is 4. The van der Waals surface area contributed by atoms with E-state index in [1.54, 1.807) is 0 Å². The Hall–Kier alpha value is -7.77. The number of benzene rings is 5. The summed E-state index contributed by atoms with van der Waals surface area (Å²) in [5.74, 6) is 0. The monoisotopic (exact) mass is 717 g/mol. The fourth-order valence-electron chi connectivity index (χ4n) is 8.85. The van der Waals surface area contributed by atoms with E-state index < -0.39 is 0 Å². The second-order valence-electron chi connectivity index (χ2n) is 14.1. The molecule has 262 valence electrons. The predicted octanol–water partition coefficient (Wildman–Crippen LogP) is 11.6. The Morgan fingerprint density at radius 1 is 0.321 bits per heavy atom. The zero-order valence-corrected chi connectivity index (χ0v) is 30.0. The number of fused-ring (bicyclic) bond motifs is 10. The van der Waals surface area contributed by atoms with Crippen molar-refractivity contribution in [3.63, 3.8) is 0 Å². The molecule has 5 aromatic carbocycles. The van der Waals surface area contributed by atoms with Gasteiger partial charge in [-0.05, 0) is 91.0 Å². The molecule has 12 aromatic rings. The summed E-state index contributed by atoms with van der Waals surface area (Å²) in [5, 5.41) is 4.55. The normalized spacial score (nSPS) is 11.9. The maximum Gasteiger partial charge on any atom is 0.133 e. The average molecular weight is 718 g/mol. The van der Waals surface area contributed by atoms with Crippen molar-refractivity contribution in [3.05, 3.63) is 188 Å². The molecule has 0 aliphatic rings. The molecule has 0 saturated heterocycles. The molecule has 7 nitrogen and oxygen atoms in total. The molecule has 0 aliphatic carbocycles. The Bertz CT molecular complexity index is 3250. The fraction of sp³-hybridized carbons (Fsp3) is 0. The number of pyridine rings is 3. The predicted molar refractivity (Wildman–Crippen MR) is 228 cm³/mol. The summed E-state index contributed by atoms with van der Waals surface area (Å²) in [6.07, 6.45) is 5.66. The van der Waals surface area contributed by atoms with Crippen molar-refractivity contribution in [2.24, 2.45) is 0 Å². The smallest absolute Gasteiger partial charge is 0.133 e. The van der Waals surface area contributed by atoms with Gasteiger partial charge in [-0.2, -0.15) is 0 Å². The van der Waals surface area contributed by atoms with Crippen molar-refractivity contribution >= 4 is 65.9 Å². The molecule has 7 aromatic heterocycles. The molecular formula is C49H31N7. The van der Waals surface area contributed by atoms with Crippen LogP contribution in [0.4, 0.5) is 0 Å². The lowest BCUT2D eigenvalue weighted by atomic mass is 10.1. The van der Waals surface area contributed by atoms with Crippen molar-refractivity contribution in [1.29, 1.82) is 0 Å². The largest absolute Gasteiger partial charge is 0.295 e. The van der Waals surface area contributed by atoms with Crippen molar-refractivity contribution in [3.8, 4) is 34.0 Å². The van der Waals surface area contributed by atoms with E-state index >= 15 is 0 Å². The van der Waals surface area contributed by atoms with Gasteiger partial charge in [-0.25, -0.2) is 0 Å². The third kappa shape index (κ3) is 4.30. The Labute approximate surface area is 320 Å². The molecule has 7 heterocycles. The van der Waals surface area contributed by atoms with E-state index in [4.69, 9.17) is 15.0 Å². The van der Waals surface area contributed by atoms with Gasteiger partial charge in [-0.15, -0.1) is 0 Å². The third-order valence-corrected chi connectivity index (χ3v) is 11.1. The minimum absolute atomic E-state index is 0.888. The molecule has 0 radical (unpaired) electrons. The van der Waals surface area contributed by atoms with Gasteiger partial charge in [-0.3, -0.25) is 33.2 Å². The first-order valence-corrected chi connectivity index (χ1v) is 18.8. The summed E-state index contributed by atoms with van der Waals surface area (Å²) in [4.78, 5) is 15.0. The molecule has 0 fully saturated rings. The van der Waals surface area contributed by atoms with Crippen molar-refractivity contribution < 1.29 is 0 Å². The van der Waals surface area contributed by atoms with Crippen LogP contribution >= 0.6 is 0 Å². The first kappa shape index (κ1) is 30.7. The van der Waals surface area contributed by atoms with E-state index in [9.17, 15) is 0 Å². The summed E-state index contributed by atoms with van der Waals surface area (Å²) >= 11 is 0. The topological polar surface area (TPSA) is 58.4 Å². The standard InChI is InChI=1S/C49H31N7/c1-3-15-33(16-4-1)53-40-22-9-7-19-37(40)44-46-42(24-13-27-51-46)55(48(44)53)35-29-32(39-21-11-12-26-50-39)30-36(31-35)56-43-25-14-28-52-47(43)45-38-20-8-10-23-41(38)54(49(45)56)34-17-5-2-6-18-34/h1-31H. The van der Waals surface area contributed by atoms with Crippen LogP contribution in [0.3, 0.4) is 0 Å². The van der Waals surface area contributed by atoms with Gasteiger partial charge in [0.15, 0.2) is 0 Å². The fourth-order valence-corrected chi connectivity index (χ4v) is 8.85. The number of hydrogen-bond donors (Lipinski definition) is 0. The van der Waals surface area contributed by atoms with Crippen LogP contribution in [0.15, 0.2) is 188 Å². The molecule has 0 unspecified atom stereocenters. The first-order valence-electron chi connectivity index (χ1n) is 18.8. The lowest BCUT2D eigenvalue weighted by molar-refractivity contribution is 1.04. The first-order chi connectivity index (χ1) is 27.8. The van der Waals surface area contributed by atoms with Gasteiger partial charge < -0.3 is 0 Å². The van der Waals surface area contributed by atoms with Gasteiger partial charge in [0.05, 0.1) is 60.9 Å². The van der Waals surface area contributed by atoms with Crippen LogP contribution in [-0.2, 0) is 0 Å². The zero-order chi connectivity index (χ0) is 36.7. The van der Waals surface area contributed by atoms with Crippen LogP contribution in [0.2, 0.25) is 0 Å². The van der Waals surface area contributed by atoms with E-state index in [0.717, 1.165) is 99.9 Å². The van der Waals surface area contributed by atoms with E-state index in [0.29, 0.717) is 0 Å². The van der Waals surface area contributed by atoms with Gasteiger partial charge in [0.1, 0.15) is 11.3 Å². The average Bonchev–Trinajstić information content (AvgIpc) is 3.99. The molecule has 0 bridgehead atoms. The Balaban J connectivity index is 1.27. The third-order valence-electron chi connectivity index (χ3n) is 11.1. The minimum atomic E-state index is 0.888. The molecule has 0 aliphatic heterocycles. The van der Waals surface area contributed by atoms with Gasteiger partial charge in [-0.1, -0.05) is 78.9 Å². The maximum absolute atomic E-state index is 5.05.